The maximum absolute atomic E-state index is 11.6. The molecule has 0 bridgehead atoms. The van der Waals surface area contributed by atoms with Gasteiger partial charge in [0.1, 0.15) is 6.61 Å². The molecule has 1 heterocycles. The number of carbonyl (C=O) groups is 1. The third-order valence-electron chi connectivity index (χ3n) is 3.03. The molecule has 1 aromatic carbocycles. The molecule has 3 nitrogen and oxygen atoms in total. The Labute approximate surface area is 96.1 Å². The molecular weight excluding hydrogens is 258 g/mol. The predicted molar refractivity (Wildman–Crippen MR) is 59.9 cm³/mol. The number of amides is 1. The summed E-state index contributed by atoms with van der Waals surface area (Å²) in [6.45, 7) is 0.544. The van der Waals surface area contributed by atoms with Crippen LogP contribution in [0.1, 0.15) is 12.8 Å². The van der Waals surface area contributed by atoms with E-state index in [4.69, 9.17) is 4.74 Å². The van der Waals surface area contributed by atoms with Gasteiger partial charge in [-0.25, -0.2) is 4.79 Å². The lowest BCUT2D eigenvalue weighted by molar-refractivity contribution is 0.178. The second-order valence-electron chi connectivity index (χ2n) is 4.09. The number of halogens is 1. The molecule has 2 fully saturated rings. The molecule has 78 valence electrons. The molecule has 15 heavy (non-hydrogen) atoms. The minimum Gasteiger partial charge on any atom is -0.447 e. The van der Waals surface area contributed by atoms with E-state index in [0.717, 1.165) is 23.0 Å². The van der Waals surface area contributed by atoms with Crippen LogP contribution in [0, 0.1) is 0 Å². The minimum absolute atomic E-state index is 0.0229. The van der Waals surface area contributed by atoms with E-state index in [9.17, 15) is 4.79 Å². The fraction of sp³-hybridized carbons (Fsp3) is 0.364. The van der Waals surface area contributed by atoms with Crippen LogP contribution in [0.2, 0.25) is 0 Å². The first-order chi connectivity index (χ1) is 7.21. The summed E-state index contributed by atoms with van der Waals surface area (Å²) in [5, 5.41) is 0. The van der Waals surface area contributed by atoms with Crippen LogP contribution in [-0.4, -0.2) is 18.2 Å². The van der Waals surface area contributed by atoms with Crippen LogP contribution in [0.15, 0.2) is 28.7 Å². The summed E-state index contributed by atoms with van der Waals surface area (Å²) in [6.07, 6.45) is 1.89. The molecule has 1 aromatic rings. The summed E-state index contributed by atoms with van der Waals surface area (Å²) >= 11 is 3.38. The van der Waals surface area contributed by atoms with E-state index in [1.54, 1.807) is 4.90 Å². The van der Waals surface area contributed by atoms with Gasteiger partial charge in [0, 0.05) is 10.2 Å². The first-order valence-corrected chi connectivity index (χ1v) is 5.73. The first kappa shape index (κ1) is 9.21. The van der Waals surface area contributed by atoms with Crippen LogP contribution in [0.3, 0.4) is 0 Å². The van der Waals surface area contributed by atoms with Crippen LogP contribution >= 0.6 is 15.9 Å². The Hall–Kier alpha value is -1.03. The highest BCUT2D eigenvalue weighted by molar-refractivity contribution is 9.10. The van der Waals surface area contributed by atoms with Gasteiger partial charge >= 0.3 is 6.09 Å². The molecule has 0 radical (unpaired) electrons. The molecule has 0 aromatic heterocycles. The van der Waals surface area contributed by atoms with Crippen molar-refractivity contribution in [2.24, 2.45) is 0 Å². The van der Waals surface area contributed by atoms with E-state index >= 15 is 0 Å². The van der Waals surface area contributed by atoms with Crippen molar-refractivity contribution in [1.29, 1.82) is 0 Å². The highest BCUT2D eigenvalue weighted by atomic mass is 79.9. The fourth-order valence-electron chi connectivity index (χ4n) is 2.00. The van der Waals surface area contributed by atoms with Crippen molar-refractivity contribution in [2.45, 2.75) is 18.4 Å². The largest absolute Gasteiger partial charge is 0.447 e. The van der Waals surface area contributed by atoms with Crippen LogP contribution in [0.25, 0.3) is 0 Å². The molecule has 1 saturated carbocycles. The van der Waals surface area contributed by atoms with Gasteiger partial charge in [-0.1, -0.05) is 15.9 Å². The number of nitrogens with zero attached hydrogens (tertiary/aromatic N) is 1. The summed E-state index contributed by atoms with van der Waals surface area (Å²) in [4.78, 5) is 13.4. The number of ether oxygens (including phenoxy) is 1. The summed E-state index contributed by atoms with van der Waals surface area (Å²) in [7, 11) is 0. The average Bonchev–Trinajstić information content (AvgIpc) is 2.92. The Kier molecular flexibility index (Phi) is 1.83. The summed E-state index contributed by atoms with van der Waals surface area (Å²) in [5.41, 5.74) is 0.906. The number of anilines is 1. The predicted octanol–water partition coefficient (Wildman–Crippen LogP) is 2.94. The van der Waals surface area contributed by atoms with Crippen molar-refractivity contribution < 1.29 is 9.53 Å². The van der Waals surface area contributed by atoms with Gasteiger partial charge in [-0.15, -0.1) is 0 Å². The molecule has 0 unspecified atom stereocenters. The zero-order valence-corrected chi connectivity index (χ0v) is 9.66. The second-order valence-corrected chi connectivity index (χ2v) is 5.01. The molecule has 3 rings (SSSR count). The smallest absolute Gasteiger partial charge is 0.415 e. The minimum atomic E-state index is -0.213. The van der Waals surface area contributed by atoms with Gasteiger partial charge in [0.15, 0.2) is 0 Å². The Morgan fingerprint density at radius 2 is 1.93 bits per heavy atom. The summed E-state index contributed by atoms with van der Waals surface area (Å²) < 4.78 is 6.12. The van der Waals surface area contributed by atoms with Gasteiger partial charge in [0.2, 0.25) is 0 Å². The van der Waals surface area contributed by atoms with Crippen molar-refractivity contribution in [3.8, 4) is 0 Å². The van der Waals surface area contributed by atoms with Crippen LogP contribution in [0.4, 0.5) is 10.5 Å². The number of cyclic esters (lactones) is 1. The zero-order valence-electron chi connectivity index (χ0n) is 8.07. The maximum atomic E-state index is 11.6. The molecule has 1 spiro atoms. The Morgan fingerprint density at radius 3 is 2.53 bits per heavy atom. The highest BCUT2D eigenvalue weighted by Crippen LogP contribution is 2.48. The topological polar surface area (TPSA) is 29.5 Å². The normalized spacial score (nSPS) is 21.9. The van der Waals surface area contributed by atoms with Gasteiger partial charge in [-0.3, -0.25) is 4.90 Å². The maximum Gasteiger partial charge on any atom is 0.415 e. The number of benzene rings is 1. The van der Waals surface area contributed by atoms with Crippen molar-refractivity contribution in [2.75, 3.05) is 11.5 Å². The molecule has 0 N–H and O–H groups in total. The molecular formula is C11H10BrNO2. The summed E-state index contributed by atoms with van der Waals surface area (Å²) in [6, 6.07) is 7.77. The molecule has 1 aliphatic carbocycles. The van der Waals surface area contributed by atoms with Gasteiger partial charge in [0.25, 0.3) is 0 Å². The SMILES string of the molecule is O=C1OCC2(CC2)N1c1ccc(Br)cc1. The Morgan fingerprint density at radius 1 is 1.27 bits per heavy atom. The average molecular weight is 268 g/mol. The lowest BCUT2D eigenvalue weighted by atomic mass is 10.2. The molecule has 1 saturated heterocycles. The second kappa shape index (κ2) is 2.98. The van der Waals surface area contributed by atoms with Gasteiger partial charge in [0.05, 0.1) is 5.54 Å². The third kappa shape index (κ3) is 1.35. The van der Waals surface area contributed by atoms with Crippen molar-refractivity contribution >= 4 is 27.7 Å². The van der Waals surface area contributed by atoms with Crippen molar-refractivity contribution in [3.05, 3.63) is 28.7 Å². The lowest BCUT2D eigenvalue weighted by Gasteiger charge is -2.20. The highest BCUT2D eigenvalue weighted by Gasteiger charge is 2.57. The molecule has 0 atom stereocenters. The van der Waals surface area contributed by atoms with Gasteiger partial charge in [-0.2, -0.15) is 0 Å². The van der Waals surface area contributed by atoms with Gasteiger partial charge in [-0.05, 0) is 37.1 Å². The Balaban J connectivity index is 1.98. The number of hydrogen-bond acceptors (Lipinski definition) is 2. The molecule has 2 aliphatic rings. The summed E-state index contributed by atoms with van der Waals surface area (Å²) in [5.74, 6) is 0. The van der Waals surface area contributed by atoms with Crippen LogP contribution in [-0.2, 0) is 4.74 Å². The van der Waals surface area contributed by atoms with Crippen molar-refractivity contribution in [3.63, 3.8) is 0 Å². The molecule has 1 aliphatic heterocycles. The van der Waals surface area contributed by atoms with E-state index in [1.165, 1.54) is 0 Å². The van der Waals surface area contributed by atoms with E-state index in [1.807, 2.05) is 24.3 Å². The lowest BCUT2D eigenvalue weighted by Crippen LogP contribution is -2.35. The van der Waals surface area contributed by atoms with E-state index in [0.29, 0.717) is 6.61 Å². The molecule has 1 amide bonds. The number of rotatable bonds is 1. The first-order valence-electron chi connectivity index (χ1n) is 4.94. The monoisotopic (exact) mass is 267 g/mol. The standard InChI is InChI=1S/C11H10BrNO2/c12-8-1-3-9(4-2-8)13-10(14)15-7-11(13)5-6-11/h1-4H,5-7H2. The third-order valence-corrected chi connectivity index (χ3v) is 3.56. The zero-order chi connectivity index (χ0) is 10.5. The van der Waals surface area contributed by atoms with E-state index in [-0.39, 0.29) is 11.6 Å². The van der Waals surface area contributed by atoms with Crippen LogP contribution < -0.4 is 4.90 Å². The number of carbonyl (C=O) groups excluding carboxylic acids is 1. The Bertz CT molecular complexity index is 411. The van der Waals surface area contributed by atoms with Gasteiger partial charge < -0.3 is 4.74 Å². The quantitative estimate of drug-likeness (QED) is 0.783. The van der Waals surface area contributed by atoms with Crippen molar-refractivity contribution in [1.82, 2.24) is 0 Å². The van der Waals surface area contributed by atoms with Crippen LogP contribution in [0.5, 0.6) is 0 Å². The number of hydrogen-bond donors (Lipinski definition) is 0. The fourth-order valence-corrected chi connectivity index (χ4v) is 2.26. The molecule has 4 heteroatoms. The van der Waals surface area contributed by atoms with E-state index < -0.39 is 0 Å². The van der Waals surface area contributed by atoms with E-state index in [2.05, 4.69) is 15.9 Å².